The molecular weight excluding hydrogens is 449 g/mol. The maximum Gasteiger partial charge on any atom is 0.264 e. The van der Waals surface area contributed by atoms with Crippen LogP contribution in [0.5, 0.6) is 5.75 Å². The number of amides is 1. The number of benzene rings is 1. The molecule has 0 unspecified atom stereocenters. The third-order valence-corrected chi connectivity index (χ3v) is 5.83. The van der Waals surface area contributed by atoms with Gasteiger partial charge in [-0.25, -0.2) is 18.2 Å². The number of fused-ring (bicyclic) bond motifs is 2. The Kier molecular flexibility index (Phi) is 5.45. The van der Waals surface area contributed by atoms with E-state index in [1.54, 1.807) is 18.3 Å². The van der Waals surface area contributed by atoms with Crippen LogP contribution in [0.1, 0.15) is 39.5 Å². The molecule has 3 aromatic heterocycles. The Bertz CT molecular complexity index is 1390. The van der Waals surface area contributed by atoms with Crippen LogP contribution < -0.4 is 10.1 Å². The predicted octanol–water partition coefficient (Wildman–Crippen LogP) is 4.23. The van der Waals surface area contributed by atoms with E-state index in [1.165, 1.54) is 6.20 Å². The molecule has 0 bridgehead atoms. The van der Waals surface area contributed by atoms with Gasteiger partial charge < -0.3 is 20.1 Å². The van der Waals surface area contributed by atoms with Crippen molar-refractivity contribution in [1.29, 1.82) is 0 Å². The number of pyridine rings is 2. The number of ether oxygens (including phenoxy) is 1. The maximum atomic E-state index is 14.6. The van der Waals surface area contributed by atoms with Crippen LogP contribution in [0.3, 0.4) is 0 Å². The lowest BCUT2D eigenvalue weighted by Crippen LogP contribution is -2.42. The fraction of sp³-hybridized carbons (Fsp3) is 0.208. The molecule has 1 amide bonds. The minimum absolute atomic E-state index is 0.136. The van der Waals surface area contributed by atoms with Crippen molar-refractivity contribution in [3.63, 3.8) is 0 Å². The Labute approximate surface area is 191 Å². The van der Waals surface area contributed by atoms with Gasteiger partial charge in [0.1, 0.15) is 29.9 Å². The van der Waals surface area contributed by atoms with E-state index in [9.17, 15) is 23.1 Å². The molecule has 4 aromatic rings. The number of hydrogen-bond donors (Lipinski definition) is 3. The zero-order valence-electron chi connectivity index (χ0n) is 17.8. The highest BCUT2D eigenvalue weighted by Crippen LogP contribution is 2.38. The van der Waals surface area contributed by atoms with Gasteiger partial charge in [-0.05, 0) is 42.8 Å². The van der Waals surface area contributed by atoms with Gasteiger partial charge in [-0.2, -0.15) is 0 Å². The van der Waals surface area contributed by atoms with Crippen molar-refractivity contribution in [2.75, 3.05) is 6.61 Å². The molecule has 10 heteroatoms. The van der Waals surface area contributed by atoms with Gasteiger partial charge in [-0.1, -0.05) is 0 Å². The lowest BCUT2D eigenvalue weighted by Gasteiger charge is -2.31. The van der Waals surface area contributed by atoms with Crippen molar-refractivity contribution in [2.45, 2.75) is 25.5 Å². The van der Waals surface area contributed by atoms with Crippen LogP contribution in [-0.2, 0) is 0 Å². The van der Waals surface area contributed by atoms with E-state index >= 15 is 0 Å². The number of carbonyl (C=O) groups excluding carboxylic acids is 1. The van der Waals surface area contributed by atoms with Gasteiger partial charge in [0.05, 0.1) is 22.9 Å². The van der Waals surface area contributed by atoms with Crippen molar-refractivity contribution in [3.05, 3.63) is 77.0 Å². The molecule has 4 heterocycles. The summed E-state index contributed by atoms with van der Waals surface area (Å²) < 4.78 is 45.9. The average molecular weight is 468 g/mol. The van der Waals surface area contributed by atoms with Gasteiger partial charge >= 0.3 is 0 Å². The molecule has 1 aliphatic rings. The van der Waals surface area contributed by atoms with Crippen LogP contribution in [0.2, 0.25) is 0 Å². The monoisotopic (exact) mass is 468 g/mol. The third kappa shape index (κ3) is 3.75. The number of aromatic amines is 1. The Morgan fingerprint density at radius 3 is 2.82 bits per heavy atom. The lowest BCUT2D eigenvalue weighted by molar-refractivity contribution is 0.0481. The number of H-pyrrole nitrogens is 1. The Morgan fingerprint density at radius 1 is 1.26 bits per heavy atom. The molecule has 7 nitrogen and oxygen atoms in total. The van der Waals surface area contributed by atoms with E-state index in [0.717, 1.165) is 28.2 Å². The first kappa shape index (κ1) is 21.9. The number of nitrogens with zero attached hydrogens (tertiary/aromatic N) is 2. The molecule has 3 N–H and O–H groups in total. The molecule has 174 valence electrons. The molecule has 0 radical (unpaired) electrons. The number of carbonyl (C=O) groups is 1. The quantitative estimate of drug-likeness (QED) is 0.416. The summed E-state index contributed by atoms with van der Waals surface area (Å²) in [7, 11) is 0. The van der Waals surface area contributed by atoms with E-state index in [4.69, 9.17) is 4.74 Å². The molecule has 1 aromatic carbocycles. The summed E-state index contributed by atoms with van der Waals surface area (Å²) in [5, 5.41) is 13.8. The Hall–Kier alpha value is -3.92. The lowest BCUT2D eigenvalue weighted by atomic mass is 9.95. The standard InChI is InChI=1S/C24H19F3N4O3/c1-11-8-30-23-19(11)14(4-5-28-23)16-3-2-12(9-29-16)24(33)31-21-17(32)10-34-18-7-13(22(26)27)6-15(25)20(18)21/h2-9,17,21-22,32H,10H2,1H3,(H,28,30)(H,31,33)/t17-,21+/m1/s1. The second-order valence-electron chi connectivity index (χ2n) is 8.03. The van der Waals surface area contributed by atoms with Gasteiger partial charge in [0, 0.05) is 35.1 Å². The SMILES string of the molecule is Cc1c[nH]c2nccc(-c3ccc(C(=O)N[C@@H]4c5c(F)cc(C(F)F)cc5OC[C@H]4O)cn3)c12. The molecule has 34 heavy (non-hydrogen) atoms. The number of aliphatic hydroxyl groups is 1. The number of nitrogens with one attached hydrogen (secondary N) is 2. The van der Waals surface area contributed by atoms with Crippen LogP contribution in [-0.4, -0.2) is 38.7 Å². The second kappa shape index (κ2) is 8.45. The first-order valence-corrected chi connectivity index (χ1v) is 10.5. The molecular formula is C24H19F3N4O3. The van der Waals surface area contributed by atoms with Crippen LogP contribution in [0.15, 0.2) is 48.9 Å². The van der Waals surface area contributed by atoms with Crippen molar-refractivity contribution >= 4 is 16.9 Å². The predicted molar refractivity (Wildman–Crippen MR) is 117 cm³/mol. The molecule has 0 saturated heterocycles. The largest absolute Gasteiger partial charge is 0.490 e. The van der Waals surface area contributed by atoms with Gasteiger partial charge in [0.25, 0.3) is 12.3 Å². The first-order chi connectivity index (χ1) is 16.3. The van der Waals surface area contributed by atoms with Crippen molar-refractivity contribution < 1.29 is 27.8 Å². The molecule has 0 spiro atoms. The third-order valence-electron chi connectivity index (χ3n) is 5.83. The minimum atomic E-state index is -2.88. The van der Waals surface area contributed by atoms with E-state index in [2.05, 4.69) is 20.3 Å². The van der Waals surface area contributed by atoms with Gasteiger partial charge in [-0.3, -0.25) is 9.78 Å². The number of hydrogen-bond acceptors (Lipinski definition) is 5. The normalized spacial score (nSPS) is 17.5. The van der Waals surface area contributed by atoms with Crippen molar-refractivity contribution in [1.82, 2.24) is 20.3 Å². The van der Waals surface area contributed by atoms with Crippen LogP contribution >= 0.6 is 0 Å². The fourth-order valence-corrected chi connectivity index (χ4v) is 4.14. The summed E-state index contributed by atoms with van der Waals surface area (Å²) in [4.78, 5) is 24.6. The molecule has 0 aliphatic carbocycles. The highest BCUT2D eigenvalue weighted by Gasteiger charge is 2.35. The summed E-state index contributed by atoms with van der Waals surface area (Å²) >= 11 is 0. The summed E-state index contributed by atoms with van der Waals surface area (Å²) in [6.07, 6.45) is 0.737. The van der Waals surface area contributed by atoms with Crippen molar-refractivity contribution in [3.8, 4) is 17.0 Å². The van der Waals surface area contributed by atoms with Crippen LogP contribution in [0, 0.1) is 12.7 Å². The average Bonchev–Trinajstić information content (AvgIpc) is 3.21. The minimum Gasteiger partial charge on any atom is -0.490 e. The van der Waals surface area contributed by atoms with Gasteiger partial charge in [0.2, 0.25) is 0 Å². The topological polar surface area (TPSA) is 100 Å². The smallest absolute Gasteiger partial charge is 0.264 e. The Balaban J connectivity index is 1.42. The number of aryl methyl sites for hydroxylation is 1. The number of aromatic nitrogens is 3. The second-order valence-corrected chi connectivity index (χ2v) is 8.03. The molecule has 2 atom stereocenters. The Morgan fingerprint density at radius 2 is 2.09 bits per heavy atom. The van der Waals surface area contributed by atoms with Crippen molar-refractivity contribution in [2.24, 2.45) is 0 Å². The number of rotatable bonds is 4. The maximum absolute atomic E-state index is 14.6. The van der Waals surface area contributed by atoms with E-state index in [0.29, 0.717) is 11.8 Å². The van der Waals surface area contributed by atoms with E-state index < -0.39 is 35.9 Å². The molecule has 0 fully saturated rings. The number of alkyl halides is 2. The fourth-order valence-electron chi connectivity index (χ4n) is 4.14. The van der Waals surface area contributed by atoms with E-state index in [-0.39, 0.29) is 23.5 Å². The molecule has 5 rings (SSSR count). The highest BCUT2D eigenvalue weighted by molar-refractivity contribution is 5.96. The van der Waals surface area contributed by atoms with Crippen LogP contribution in [0.25, 0.3) is 22.3 Å². The molecule has 1 aliphatic heterocycles. The van der Waals surface area contributed by atoms with Gasteiger partial charge in [0.15, 0.2) is 0 Å². The summed E-state index contributed by atoms with van der Waals surface area (Å²) in [6.45, 7) is 1.67. The summed E-state index contributed by atoms with van der Waals surface area (Å²) in [5.41, 5.74) is 2.68. The molecule has 0 saturated carbocycles. The number of halogens is 3. The zero-order valence-corrected chi connectivity index (χ0v) is 17.8. The summed E-state index contributed by atoms with van der Waals surface area (Å²) in [6, 6.07) is 5.60. The number of aliphatic hydroxyl groups excluding tert-OH is 1. The van der Waals surface area contributed by atoms with E-state index in [1.807, 2.05) is 19.2 Å². The summed E-state index contributed by atoms with van der Waals surface area (Å²) in [5.74, 6) is -1.73. The highest BCUT2D eigenvalue weighted by atomic mass is 19.3. The van der Waals surface area contributed by atoms with Gasteiger partial charge in [-0.15, -0.1) is 0 Å². The zero-order chi connectivity index (χ0) is 24.0. The first-order valence-electron chi connectivity index (χ1n) is 10.5. The van der Waals surface area contributed by atoms with Crippen LogP contribution in [0.4, 0.5) is 13.2 Å².